The first kappa shape index (κ1) is 16.9. The van der Waals surface area contributed by atoms with E-state index in [2.05, 4.69) is 17.0 Å². The first-order valence-corrected chi connectivity index (χ1v) is 9.87. The summed E-state index contributed by atoms with van der Waals surface area (Å²) in [5, 5.41) is 24.3. The first-order valence-electron chi connectivity index (χ1n) is 11.1. The zero-order valence-corrected chi connectivity index (χ0v) is 16.7. The summed E-state index contributed by atoms with van der Waals surface area (Å²) in [6, 6.07) is 16.1. The van der Waals surface area contributed by atoms with Crippen molar-refractivity contribution in [3.63, 3.8) is 0 Å². The maximum absolute atomic E-state index is 9.57. The molecule has 2 aliphatic rings. The van der Waals surface area contributed by atoms with Crippen LogP contribution in [-0.2, 0) is 9.59 Å². The number of hydrogen-bond donors (Lipinski definition) is 3. The molecule has 0 aliphatic carbocycles. The maximum Gasteiger partial charge on any atom is 0.414 e. The van der Waals surface area contributed by atoms with Crippen LogP contribution in [-0.4, -0.2) is 82.1 Å². The predicted octanol–water partition coefficient (Wildman–Crippen LogP) is 2.00. The van der Waals surface area contributed by atoms with Crippen LogP contribution in [0.1, 0.15) is 11.0 Å². The molecule has 0 bridgehead atoms. The summed E-state index contributed by atoms with van der Waals surface area (Å²) in [7, 11) is 0. The Hall–Kier alpha value is -2.88. The fourth-order valence-electron chi connectivity index (χ4n) is 3.01. The molecular weight excluding hydrogens is 406 g/mol. The Kier molecular flexibility index (Phi) is 5.76. The average molecular weight is 434 g/mol. The van der Waals surface area contributed by atoms with Gasteiger partial charge in [-0.2, -0.15) is 0 Å². The van der Waals surface area contributed by atoms with Crippen LogP contribution in [0.5, 0.6) is 0 Å². The largest absolute Gasteiger partial charge is 0.473 e. The summed E-state index contributed by atoms with van der Waals surface area (Å²) in [5.41, 5.74) is 1.95. The lowest BCUT2D eigenvalue weighted by Gasteiger charge is -2.36. The summed E-state index contributed by atoms with van der Waals surface area (Å²) >= 11 is 1.68. The lowest BCUT2D eigenvalue weighted by molar-refractivity contribution is -0.159. The van der Waals surface area contributed by atoms with E-state index in [1.54, 1.807) is 11.8 Å². The second kappa shape index (κ2) is 10.2. The van der Waals surface area contributed by atoms with E-state index >= 15 is 0 Å². The van der Waals surface area contributed by atoms with Gasteiger partial charge in [0.15, 0.2) is 0 Å². The minimum Gasteiger partial charge on any atom is -0.473 e. The van der Waals surface area contributed by atoms with Gasteiger partial charge in [0.2, 0.25) is 0 Å². The number of nitrogens with zero attached hydrogens (tertiary/aromatic N) is 3. The Bertz CT molecular complexity index is 1090. The summed E-state index contributed by atoms with van der Waals surface area (Å²) in [6.07, 6.45) is 0. The molecule has 0 radical (unpaired) electrons. The number of benzene rings is 2. The minimum absolute atomic E-state index is 0.295. The second-order valence-corrected chi connectivity index (χ2v) is 7.39. The van der Waals surface area contributed by atoms with Crippen molar-refractivity contribution in [1.29, 1.82) is 0 Å². The number of carboxylic acid groups (broad SMARTS) is 2. The molecule has 0 unspecified atom stereocenters. The van der Waals surface area contributed by atoms with Crippen LogP contribution < -0.4 is 0 Å². The topological polar surface area (TPSA) is 114 Å². The smallest absolute Gasteiger partial charge is 0.414 e. The number of aliphatic carboxylic acids is 2. The predicted molar refractivity (Wildman–Crippen MR) is 114 cm³/mol. The standard InChI is InChI=1S/C19H21N3OS.C2H2O4/c23-14-13-21-9-11-22(12-10-21)19-15-5-1-3-7-17(15)24-18-8-4-2-6-16(18)20-19;3-1(4)2(5)6/h1-8,23H,9-14H2;(H,3,4)(H,5,6)/i13D2,14D2;. The fourth-order valence-corrected chi connectivity index (χ4v) is 4.03. The normalized spacial score (nSPS) is 18.6. The van der Waals surface area contributed by atoms with Crippen LogP contribution in [0, 0.1) is 0 Å². The number of amidine groups is 1. The van der Waals surface area contributed by atoms with Gasteiger partial charge in [0.05, 0.1) is 15.0 Å². The SMILES string of the molecule is O=C(O)C(=O)O.[2H]C([2H])(O)C([2H])([2H])N1CCN(C2=Nc3ccccc3Sc3ccccc32)CC1. The van der Waals surface area contributed by atoms with Gasteiger partial charge >= 0.3 is 11.9 Å². The number of rotatable bonds is 2. The molecule has 0 saturated carbocycles. The molecular formula is C21H23N3O5S. The lowest BCUT2D eigenvalue weighted by Crippen LogP contribution is -2.49. The van der Waals surface area contributed by atoms with Gasteiger partial charge in [-0.05, 0) is 18.2 Å². The molecule has 0 aromatic heterocycles. The van der Waals surface area contributed by atoms with Gasteiger partial charge in [-0.25, -0.2) is 14.6 Å². The van der Waals surface area contributed by atoms with Crippen molar-refractivity contribution in [2.45, 2.75) is 9.79 Å². The van der Waals surface area contributed by atoms with Crippen LogP contribution >= 0.6 is 11.8 Å². The van der Waals surface area contributed by atoms with Crippen LogP contribution in [0.15, 0.2) is 63.3 Å². The zero-order chi connectivity index (χ0) is 25.1. The van der Waals surface area contributed by atoms with Crippen molar-refractivity contribution in [2.75, 3.05) is 39.2 Å². The van der Waals surface area contributed by atoms with Gasteiger partial charge < -0.3 is 20.2 Å². The summed E-state index contributed by atoms with van der Waals surface area (Å²) in [5.74, 6) is -2.80. The number of aliphatic imine (C=N–C) groups is 1. The van der Waals surface area contributed by atoms with Crippen LogP contribution in [0.4, 0.5) is 5.69 Å². The van der Waals surface area contributed by atoms with Gasteiger partial charge in [0.1, 0.15) is 5.84 Å². The number of para-hydroxylation sites is 1. The van der Waals surface area contributed by atoms with Gasteiger partial charge in [-0.1, -0.05) is 42.1 Å². The molecule has 158 valence electrons. The van der Waals surface area contributed by atoms with Crippen molar-refractivity contribution in [2.24, 2.45) is 4.99 Å². The van der Waals surface area contributed by atoms with Gasteiger partial charge in [-0.15, -0.1) is 0 Å². The van der Waals surface area contributed by atoms with E-state index in [9.17, 15) is 5.11 Å². The molecule has 2 aliphatic heterocycles. The Labute approximate surface area is 184 Å². The number of piperazine rings is 1. The van der Waals surface area contributed by atoms with Gasteiger partial charge in [0.25, 0.3) is 0 Å². The van der Waals surface area contributed by atoms with Crippen molar-refractivity contribution in [3.05, 3.63) is 54.1 Å². The van der Waals surface area contributed by atoms with E-state index in [1.165, 1.54) is 4.90 Å². The van der Waals surface area contributed by atoms with Crippen LogP contribution in [0.3, 0.4) is 0 Å². The summed E-state index contributed by atoms with van der Waals surface area (Å²) in [4.78, 5) is 28.8. The van der Waals surface area contributed by atoms with E-state index in [1.807, 2.05) is 36.4 Å². The highest BCUT2D eigenvalue weighted by molar-refractivity contribution is 7.99. The molecule has 1 saturated heterocycles. The van der Waals surface area contributed by atoms with Crippen LogP contribution in [0.2, 0.25) is 0 Å². The Morgan fingerprint density at radius 2 is 1.57 bits per heavy atom. The number of hydrogen-bond acceptors (Lipinski definition) is 7. The highest BCUT2D eigenvalue weighted by Crippen LogP contribution is 2.40. The molecule has 1 fully saturated rings. The second-order valence-electron chi connectivity index (χ2n) is 6.31. The third-order valence-electron chi connectivity index (χ3n) is 4.41. The molecule has 2 aromatic rings. The monoisotopic (exact) mass is 433 g/mol. The summed E-state index contributed by atoms with van der Waals surface area (Å²) in [6.45, 7) is -3.78. The molecule has 2 heterocycles. The molecule has 3 N–H and O–H groups in total. The van der Waals surface area contributed by atoms with Crippen molar-refractivity contribution >= 4 is 35.2 Å². The molecule has 0 atom stereocenters. The van der Waals surface area contributed by atoms with E-state index < -0.39 is 25.0 Å². The van der Waals surface area contributed by atoms with Gasteiger partial charge in [0, 0.05) is 50.8 Å². The quantitative estimate of drug-likeness (QED) is 0.617. The Morgan fingerprint density at radius 3 is 2.20 bits per heavy atom. The number of β-amino-alcohol motifs (C(OH)–C–C–N with tert-alkyl or cyclic N) is 1. The number of fused-ring (bicyclic) bond motifs is 2. The third-order valence-corrected chi connectivity index (χ3v) is 5.55. The van der Waals surface area contributed by atoms with Crippen molar-refractivity contribution in [1.82, 2.24) is 9.80 Å². The van der Waals surface area contributed by atoms with E-state index in [-0.39, 0.29) is 0 Å². The fraction of sp³-hybridized carbons (Fsp3) is 0.286. The number of aliphatic hydroxyl groups is 1. The molecule has 30 heavy (non-hydrogen) atoms. The molecule has 8 nitrogen and oxygen atoms in total. The van der Waals surface area contributed by atoms with Crippen molar-refractivity contribution in [3.8, 4) is 0 Å². The van der Waals surface area contributed by atoms with Crippen LogP contribution in [0.25, 0.3) is 0 Å². The van der Waals surface area contributed by atoms with E-state index in [0.717, 1.165) is 26.9 Å². The zero-order valence-electron chi connectivity index (χ0n) is 19.9. The molecule has 0 amide bonds. The Balaban J connectivity index is 0.000000481. The first-order chi connectivity index (χ1) is 15.9. The molecule has 2 aromatic carbocycles. The van der Waals surface area contributed by atoms with E-state index in [4.69, 9.17) is 30.3 Å². The highest BCUT2D eigenvalue weighted by atomic mass is 32.2. The number of carboxylic acids is 2. The van der Waals surface area contributed by atoms with Crippen molar-refractivity contribution < 1.29 is 30.4 Å². The van der Waals surface area contributed by atoms with Gasteiger partial charge in [-0.3, -0.25) is 4.90 Å². The maximum atomic E-state index is 9.57. The summed E-state index contributed by atoms with van der Waals surface area (Å²) < 4.78 is 30.7. The molecule has 9 heteroatoms. The lowest BCUT2D eigenvalue weighted by atomic mass is 10.1. The number of carbonyl (C=O) groups is 2. The average Bonchev–Trinajstić information content (AvgIpc) is 2.95. The highest BCUT2D eigenvalue weighted by Gasteiger charge is 2.24. The van der Waals surface area contributed by atoms with E-state index in [0.29, 0.717) is 26.2 Å². The third kappa shape index (κ3) is 5.38. The Morgan fingerprint density at radius 1 is 0.967 bits per heavy atom. The minimum atomic E-state index is -2.92. The molecule has 0 spiro atoms. The molecule has 4 rings (SSSR count).